The number of carbonyl (C=O) groups is 2. The van der Waals surface area contributed by atoms with E-state index in [0.717, 1.165) is 5.56 Å². The van der Waals surface area contributed by atoms with E-state index in [9.17, 15) is 9.59 Å². The van der Waals surface area contributed by atoms with Crippen molar-refractivity contribution in [3.05, 3.63) is 35.9 Å². The van der Waals surface area contributed by atoms with Crippen molar-refractivity contribution in [2.45, 2.75) is 25.7 Å². The maximum atomic E-state index is 11.9. The van der Waals surface area contributed by atoms with Gasteiger partial charge in [-0.15, -0.1) is 0 Å². The molecule has 20 heavy (non-hydrogen) atoms. The zero-order chi connectivity index (χ0) is 14.4. The number of hydrogen-bond acceptors (Lipinski definition) is 4. The van der Waals surface area contributed by atoms with Crippen molar-refractivity contribution in [3.63, 3.8) is 0 Å². The van der Waals surface area contributed by atoms with Gasteiger partial charge in [-0.25, -0.2) is 9.98 Å². The summed E-state index contributed by atoms with van der Waals surface area (Å²) in [7, 11) is 0. The van der Waals surface area contributed by atoms with Crippen molar-refractivity contribution in [1.82, 2.24) is 10.6 Å². The fourth-order valence-corrected chi connectivity index (χ4v) is 1.91. The molecule has 0 saturated heterocycles. The molecule has 2 N–H and O–H groups in total. The lowest BCUT2D eigenvalue weighted by Crippen LogP contribution is -2.46. The molecule has 1 aromatic carbocycles. The van der Waals surface area contributed by atoms with Gasteiger partial charge in [0.25, 0.3) is 0 Å². The van der Waals surface area contributed by atoms with Gasteiger partial charge in [-0.1, -0.05) is 30.3 Å². The predicted octanol–water partition coefficient (Wildman–Crippen LogP) is 0.638. The van der Waals surface area contributed by atoms with Crippen LogP contribution in [0.5, 0.6) is 0 Å². The fourth-order valence-electron chi connectivity index (χ4n) is 1.91. The number of benzene rings is 1. The SMILES string of the molecule is CC(=O)NC1(CC(=O)NCc2ccccc2)N=CC=N1. The molecule has 0 aromatic heterocycles. The third kappa shape index (κ3) is 3.74. The zero-order valence-corrected chi connectivity index (χ0v) is 11.2. The van der Waals surface area contributed by atoms with Gasteiger partial charge in [0.15, 0.2) is 0 Å². The van der Waals surface area contributed by atoms with Crippen molar-refractivity contribution >= 4 is 24.2 Å². The van der Waals surface area contributed by atoms with Gasteiger partial charge in [0.05, 0.1) is 6.42 Å². The lowest BCUT2D eigenvalue weighted by Gasteiger charge is -2.23. The Morgan fingerprint density at radius 3 is 2.40 bits per heavy atom. The summed E-state index contributed by atoms with van der Waals surface area (Å²) >= 11 is 0. The van der Waals surface area contributed by atoms with E-state index >= 15 is 0 Å². The predicted molar refractivity (Wildman–Crippen MR) is 76.4 cm³/mol. The van der Waals surface area contributed by atoms with E-state index < -0.39 is 5.79 Å². The molecule has 6 nitrogen and oxygen atoms in total. The molecule has 1 aliphatic heterocycles. The molecular formula is C14H16N4O2. The number of nitrogens with one attached hydrogen (secondary N) is 2. The maximum absolute atomic E-state index is 11.9. The Kier molecular flexibility index (Phi) is 4.24. The molecule has 1 aromatic rings. The van der Waals surface area contributed by atoms with Crippen LogP contribution in [0.15, 0.2) is 40.3 Å². The first-order valence-corrected chi connectivity index (χ1v) is 6.28. The summed E-state index contributed by atoms with van der Waals surface area (Å²) in [6.45, 7) is 1.80. The first kappa shape index (κ1) is 13.9. The Morgan fingerprint density at radius 2 is 1.80 bits per heavy atom. The first-order chi connectivity index (χ1) is 9.60. The molecule has 0 radical (unpaired) electrons. The number of amides is 2. The van der Waals surface area contributed by atoms with Crippen LogP contribution in [0, 0.1) is 0 Å². The standard InChI is InChI=1S/C14H16N4O2/c1-11(19)18-14(16-7-8-17-14)9-13(20)15-10-12-5-3-2-4-6-12/h2-8H,9-10H2,1H3,(H,15,20)(H,18,19). The summed E-state index contributed by atoms with van der Waals surface area (Å²) in [6, 6.07) is 9.59. The molecule has 0 spiro atoms. The van der Waals surface area contributed by atoms with E-state index in [0.29, 0.717) is 6.54 Å². The van der Waals surface area contributed by atoms with Crippen molar-refractivity contribution in [2.75, 3.05) is 0 Å². The van der Waals surface area contributed by atoms with Gasteiger partial charge in [0, 0.05) is 25.9 Å². The van der Waals surface area contributed by atoms with Crippen LogP contribution in [0.2, 0.25) is 0 Å². The van der Waals surface area contributed by atoms with Crippen LogP contribution in [0.4, 0.5) is 0 Å². The Balaban J connectivity index is 1.91. The van der Waals surface area contributed by atoms with Gasteiger partial charge in [-0.2, -0.15) is 0 Å². The largest absolute Gasteiger partial charge is 0.352 e. The molecule has 0 aliphatic carbocycles. The van der Waals surface area contributed by atoms with Crippen LogP contribution < -0.4 is 10.6 Å². The highest BCUT2D eigenvalue weighted by Crippen LogP contribution is 2.16. The minimum absolute atomic E-state index is 0.0214. The monoisotopic (exact) mass is 272 g/mol. The van der Waals surface area contributed by atoms with E-state index in [2.05, 4.69) is 20.6 Å². The molecule has 104 valence electrons. The number of aliphatic imine (C=N–C) groups is 2. The second kappa shape index (κ2) is 6.10. The Hall–Kier alpha value is -2.50. The molecule has 1 aliphatic rings. The number of nitrogens with zero attached hydrogens (tertiary/aromatic N) is 2. The molecule has 0 unspecified atom stereocenters. The topological polar surface area (TPSA) is 82.9 Å². The van der Waals surface area contributed by atoms with Gasteiger partial charge < -0.3 is 10.6 Å². The summed E-state index contributed by atoms with van der Waals surface area (Å²) in [5.41, 5.74) is 1.01. The van der Waals surface area contributed by atoms with Crippen molar-refractivity contribution in [3.8, 4) is 0 Å². The molecule has 0 fully saturated rings. The van der Waals surface area contributed by atoms with E-state index in [1.165, 1.54) is 19.4 Å². The van der Waals surface area contributed by atoms with Crippen LogP contribution in [-0.4, -0.2) is 30.0 Å². The molecule has 6 heteroatoms. The van der Waals surface area contributed by atoms with Crippen molar-refractivity contribution in [2.24, 2.45) is 9.98 Å². The third-order valence-electron chi connectivity index (χ3n) is 2.76. The second-order valence-corrected chi connectivity index (χ2v) is 4.49. The van der Waals surface area contributed by atoms with Gasteiger partial charge in [-0.3, -0.25) is 9.59 Å². The van der Waals surface area contributed by atoms with E-state index in [1.807, 2.05) is 30.3 Å². The zero-order valence-electron chi connectivity index (χ0n) is 11.2. The highest BCUT2D eigenvalue weighted by Gasteiger charge is 2.33. The first-order valence-electron chi connectivity index (χ1n) is 6.28. The molecule has 2 rings (SSSR count). The van der Waals surface area contributed by atoms with Gasteiger partial charge in [0.1, 0.15) is 0 Å². The summed E-state index contributed by atoms with van der Waals surface area (Å²) in [5.74, 6) is -1.69. The highest BCUT2D eigenvalue weighted by atomic mass is 16.2. The van der Waals surface area contributed by atoms with Crippen LogP contribution in [-0.2, 0) is 16.1 Å². The molecule has 1 heterocycles. The minimum Gasteiger partial charge on any atom is -0.352 e. The smallest absolute Gasteiger partial charge is 0.235 e. The third-order valence-corrected chi connectivity index (χ3v) is 2.76. The number of hydrogen-bond donors (Lipinski definition) is 2. The lowest BCUT2D eigenvalue weighted by atomic mass is 10.2. The van der Waals surface area contributed by atoms with E-state index in [4.69, 9.17) is 0 Å². The quantitative estimate of drug-likeness (QED) is 0.824. The second-order valence-electron chi connectivity index (χ2n) is 4.49. The summed E-state index contributed by atoms with van der Waals surface area (Å²) < 4.78 is 0. The van der Waals surface area contributed by atoms with Crippen molar-refractivity contribution < 1.29 is 9.59 Å². The van der Waals surface area contributed by atoms with Gasteiger partial charge >= 0.3 is 0 Å². The molecule has 2 amide bonds. The average molecular weight is 272 g/mol. The van der Waals surface area contributed by atoms with Crippen molar-refractivity contribution in [1.29, 1.82) is 0 Å². The molecular weight excluding hydrogens is 256 g/mol. The van der Waals surface area contributed by atoms with Gasteiger partial charge in [-0.05, 0) is 5.56 Å². The minimum atomic E-state index is -1.19. The van der Waals surface area contributed by atoms with Crippen LogP contribution in [0.1, 0.15) is 18.9 Å². The summed E-state index contributed by atoms with van der Waals surface area (Å²) in [5, 5.41) is 5.37. The van der Waals surface area contributed by atoms with Crippen LogP contribution in [0.3, 0.4) is 0 Å². The normalized spacial score (nSPS) is 15.1. The molecule has 0 bridgehead atoms. The van der Waals surface area contributed by atoms with Crippen LogP contribution in [0.25, 0.3) is 0 Å². The molecule has 0 atom stereocenters. The lowest BCUT2D eigenvalue weighted by molar-refractivity contribution is -0.124. The van der Waals surface area contributed by atoms with Crippen LogP contribution >= 0.6 is 0 Å². The molecule has 0 saturated carbocycles. The average Bonchev–Trinajstić information content (AvgIpc) is 2.85. The summed E-state index contributed by atoms with van der Waals surface area (Å²) in [4.78, 5) is 31.2. The van der Waals surface area contributed by atoms with Gasteiger partial charge in [0.2, 0.25) is 17.6 Å². The Morgan fingerprint density at radius 1 is 1.15 bits per heavy atom. The number of carbonyl (C=O) groups excluding carboxylic acids is 2. The number of rotatable bonds is 5. The highest BCUT2D eigenvalue weighted by molar-refractivity contribution is 6.18. The van der Waals surface area contributed by atoms with E-state index in [-0.39, 0.29) is 18.2 Å². The summed E-state index contributed by atoms with van der Waals surface area (Å²) in [6.07, 6.45) is 2.92. The Labute approximate surface area is 117 Å². The fraction of sp³-hybridized carbons (Fsp3) is 0.286. The van der Waals surface area contributed by atoms with E-state index in [1.54, 1.807) is 0 Å². The maximum Gasteiger partial charge on any atom is 0.235 e. The Bertz CT molecular complexity index is 540.